The molecule has 2 aliphatic rings. The van der Waals surface area contributed by atoms with Gasteiger partial charge in [-0.15, -0.1) is 0 Å². The highest BCUT2D eigenvalue weighted by molar-refractivity contribution is 7.97. The van der Waals surface area contributed by atoms with Crippen LogP contribution in [0.2, 0.25) is 0 Å². The highest BCUT2D eigenvalue weighted by Crippen LogP contribution is 2.54. The van der Waals surface area contributed by atoms with Crippen LogP contribution in [0.4, 0.5) is 0 Å². The van der Waals surface area contributed by atoms with Gasteiger partial charge in [0.1, 0.15) is 0 Å². The summed E-state index contributed by atoms with van der Waals surface area (Å²) in [4.78, 5) is 0. The Balaban J connectivity index is 1.73. The zero-order chi connectivity index (χ0) is 14.9. The van der Waals surface area contributed by atoms with E-state index in [4.69, 9.17) is 4.74 Å². The van der Waals surface area contributed by atoms with Crippen molar-refractivity contribution in [2.24, 2.45) is 0 Å². The standard InChI is InChI=1S/C12H21N3O3P2S/c1-18-9-8-14-7-6-12(13-14)21(16,17)15(19-10-2-3-10)20-11-4-5-11/h6-7,10-11,19-20H,2-5,8-9H2,1H3. The van der Waals surface area contributed by atoms with Crippen molar-refractivity contribution in [3.05, 3.63) is 12.3 Å². The lowest BCUT2D eigenvalue weighted by Crippen LogP contribution is -2.18. The van der Waals surface area contributed by atoms with E-state index in [0.29, 0.717) is 41.9 Å². The van der Waals surface area contributed by atoms with E-state index in [1.54, 1.807) is 27.9 Å². The smallest absolute Gasteiger partial charge is 0.268 e. The van der Waals surface area contributed by atoms with E-state index in [1.807, 2.05) is 0 Å². The van der Waals surface area contributed by atoms with E-state index >= 15 is 0 Å². The van der Waals surface area contributed by atoms with Crippen LogP contribution in [0, 0.1) is 0 Å². The first-order chi connectivity index (χ1) is 10.1. The SMILES string of the molecule is COCCn1ccc(S(=O)(=O)N(PC2CC2)PC2CC2)n1. The summed E-state index contributed by atoms with van der Waals surface area (Å²) in [6.07, 6.45) is 6.39. The molecule has 6 nitrogen and oxygen atoms in total. The fourth-order valence-corrected chi connectivity index (χ4v) is 7.92. The lowest BCUT2D eigenvalue weighted by molar-refractivity contribution is 0.183. The molecule has 0 radical (unpaired) electrons. The van der Waals surface area contributed by atoms with Gasteiger partial charge in [0.05, 0.1) is 13.2 Å². The summed E-state index contributed by atoms with van der Waals surface area (Å²) in [7, 11) is -1.02. The molecule has 1 aromatic rings. The number of aromatic nitrogens is 2. The topological polar surface area (TPSA) is 64.4 Å². The summed E-state index contributed by atoms with van der Waals surface area (Å²) in [6, 6.07) is 1.60. The molecular formula is C12H21N3O3P2S. The van der Waals surface area contributed by atoms with Crippen LogP contribution in [0.15, 0.2) is 17.3 Å². The third-order valence-electron chi connectivity index (χ3n) is 3.40. The van der Waals surface area contributed by atoms with Gasteiger partial charge in [-0.3, -0.25) is 4.68 Å². The highest BCUT2D eigenvalue weighted by atomic mass is 32.2. The van der Waals surface area contributed by atoms with E-state index in [0.717, 1.165) is 0 Å². The van der Waals surface area contributed by atoms with Gasteiger partial charge in [-0.05, 0) is 60.5 Å². The van der Waals surface area contributed by atoms with Gasteiger partial charge in [0, 0.05) is 13.3 Å². The van der Waals surface area contributed by atoms with Crippen molar-refractivity contribution in [3.63, 3.8) is 0 Å². The molecule has 0 bridgehead atoms. The Morgan fingerprint density at radius 3 is 2.48 bits per heavy atom. The second kappa shape index (κ2) is 6.59. The highest BCUT2D eigenvalue weighted by Gasteiger charge is 2.36. The summed E-state index contributed by atoms with van der Waals surface area (Å²) < 4.78 is 33.9. The van der Waals surface area contributed by atoms with Gasteiger partial charge < -0.3 is 4.74 Å². The van der Waals surface area contributed by atoms with E-state index in [2.05, 4.69) is 5.10 Å². The Morgan fingerprint density at radius 2 is 1.95 bits per heavy atom. The van der Waals surface area contributed by atoms with Crippen LogP contribution in [0.1, 0.15) is 25.7 Å². The molecule has 0 amide bonds. The molecule has 2 fully saturated rings. The van der Waals surface area contributed by atoms with Crippen LogP contribution in [0.3, 0.4) is 0 Å². The molecule has 0 spiro atoms. The van der Waals surface area contributed by atoms with Gasteiger partial charge in [-0.1, -0.05) is 0 Å². The molecule has 21 heavy (non-hydrogen) atoms. The first-order valence-electron chi connectivity index (χ1n) is 7.19. The molecule has 9 heteroatoms. The van der Waals surface area contributed by atoms with Gasteiger partial charge in [0.15, 0.2) is 5.03 Å². The first-order valence-corrected chi connectivity index (χ1v) is 10.7. The molecule has 2 saturated carbocycles. The number of nitrogens with zero attached hydrogens (tertiary/aromatic N) is 3. The fraction of sp³-hybridized carbons (Fsp3) is 0.750. The van der Waals surface area contributed by atoms with E-state index in [-0.39, 0.29) is 5.03 Å². The molecule has 0 aliphatic heterocycles. The maximum Gasteiger partial charge on any atom is 0.268 e. The van der Waals surface area contributed by atoms with Gasteiger partial charge in [0.25, 0.3) is 10.0 Å². The number of rotatable bonds is 9. The number of hydrogen-bond donors (Lipinski definition) is 0. The largest absolute Gasteiger partial charge is 0.383 e. The number of sulfonamides is 1. The molecule has 1 heterocycles. The maximum absolute atomic E-state index is 12.8. The van der Waals surface area contributed by atoms with E-state index < -0.39 is 10.0 Å². The maximum atomic E-state index is 12.8. The summed E-state index contributed by atoms with van der Waals surface area (Å²) >= 11 is 0. The van der Waals surface area contributed by atoms with Gasteiger partial charge in [-0.2, -0.15) is 8.94 Å². The molecule has 1 aromatic heterocycles. The fourth-order valence-electron chi connectivity index (χ4n) is 1.82. The zero-order valence-corrected chi connectivity index (χ0v) is 14.8. The van der Waals surface area contributed by atoms with E-state index in [9.17, 15) is 8.42 Å². The van der Waals surface area contributed by atoms with Crippen molar-refractivity contribution >= 4 is 27.5 Å². The summed E-state index contributed by atoms with van der Waals surface area (Å²) in [5.74, 6) is 0. The molecule has 0 saturated heterocycles. The average Bonchev–Trinajstić information content (AvgIpc) is 3.38. The van der Waals surface area contributed by atoms with Crippen molar-refractivity contribution in [1.82, 2.24) is 13.6 Å². The van der Waals surface area contributed by atoms with Crippen LogP contribution in [-0.2, 0) is 21.3 Å². The second-order valence-corrected chi connectivity index (χ2v) is 11.4. The molecule has 2 unspecified atom stereocenters. The Bertz CT molecular complexity index is 570. The predicted molar refractivity (Wildman–Crippen MR) is 85.8 cm³/mol. The van der Waals surface area contributed by atoms with Crippen molar-refractivity contribution < 1.29 is 13.2 Å². The Kier molecular flexibility index (Phi) is 4.97. The second-order valence-electron chi connectivity index (χ2n) is 5.49. The number of ether oxygens (including phenoxy) is 1. The number of methoxy groups -OCH3 is 1. The van der Waals surface area contributed by atoms with Crippen LogP contribution in [0.5, 0.6) is 0 Å². The Hall–Kier alpha value is -0.0600. The summed E-state index contributed by atoms with van der Waals surface area (Å²) in [5.41, 5.74) is 1.17. The quantitative estimate of drug-likeness (QED) is 0.640. The molecule has 2 atom stereocenters. The molecule has 0 aromatic carbocycles. The minimum atomic E-state index is -3.43. The van der Waals surface area contributed by atoms with Crippen molar-refractivity contribution in [3.8, 4) is 0 Å². The minimum Gasteiger partial charge on any atom is -0.383 e. The Morgan fingerprint density at radius 1 is 1.33 bits per heavy atom. The Labute approximate surface area is 129 Å². The monoisotopic (exact) mass is 349 g/mol. The predicted octanol–water partition coefficient (Wildman–Crippen LogP) is 2.03. The van der Waals surface area contributed by atoms with Crippen molar-refractivity contribution in [2.45, 2.75) is 48.6 Å². The van der Waals surface area contributed by atoms with Crippen molar-refractivity contribution in [2.75, 3.05) is 13.7 Å². The molecule has 118 valence electrons. The minimum absolute atomic E-state index is 0.180. The van der Waals surface area contributed by atoms with Crippen LogP contribution < -0.4 is 0 Å². The lowest BCUT2D eigenvalue weighted by atomic mass is 10.7. The van der Waals surface area contributed by atoms with Gasteiger partial charge in [0.2, 0.25) is 0 Å². The third kappa shape index (κ3) is 4.23. The van der Waals surface area contributed by atoms with Crippen LogP contribution in [-0.4, -0.2) is 47.1 Å². The lowest BCUT2D eigenvalue weighted by Gasteiger charge is -2.20. The van der Waals surface area contributed by atoms with Crippen molar-refractivity contribution in [1.29, 1.82) is 0 Å². The normalized spacial score (nSPS) is 20.5. The van der Waals surface area contributed by atoms with Crippen LogP contribution >= 0.6 is 17.5 Å². The third-order valence-corrected chi connectivity index (χ3v) is 9.83. The molecule has 3 rings (SSSR count). The first kappa shape index (κ1) is 15.8. The summed E-state index contributed by atoms with van der Waals surface area (Å²) in [5, 5.41) is 4.39. The summed E-state index contributed by atoms with van der Waals surface area (Å²) in [6.45, 7) is 1.10. The zero-order valence-electron chi connectivity index (χ0n) is 12.0. The van der Waals surface area contributed by atoms with E-state index in [1.165, 1.54) is 25.7 Å². The average molecular weight is 349 g/mol. The number of hydrogen-bond acceptors (Lipinski definition) is 4. The van der Waals surface area contributed by atoms with Crippen LogP contribution in [0.25, 0.3) is 0 Å². The molecule has 2 aliphatic carbocycles. The van der Waals surface area contributed by atoms with Gasteiger partial charge >= 0.3 is 0 Å². The molecule has 0 N–H and O–H groups in total. The van der Waals surface area contributed by atoms with Gasteiger partial charge in [-0.25, -0.2) is 8.42 Å². The molecular weight excluding hydrogens is 328 g/mol.